The van der Waals surface area contributed by atoms with E-state index in [9.17, 15) is 0 Å². The minimum atomic E-state index is 0.335. The highest BCUT2D eigenvalue weighted by Crippen LogP contribution is 2.16. The van der Waals surface area contributed by atoms with Crippen LogP contribution in [-0.4, -0.2) is 24.5 Å². The molecule has 0 spiro atoms. The fraction of sp³-hybridized carbons (Fsp3) is 0.917. The number of nitrogens with zero attached hydrogens (tertiary/aromatic N) is 2. The van der Waals surface area contributed by atoms with Gasteiger partial charge in [-0.15, -0.1) is 0 Å². The van der Waals surface area contributed by atoms with Crippen LogP contribution in [0.3, 0.4) is 0 Å². The monoisotopic (exact) mass is 194 g/mol. The van der Waals surface area contributed by atoms with Gasteiger partial charge in [-0.2, -0.15) is 5.26 Å². The number of unbranched alkanes of at least 4 members (excludes halogenated alkanes) is 3. The molecule has 0 aromatic carbocycles. The predicted octanol–water partition coefficient (Wildman–Crippen LogP) is 2.80. The second-order valence-electron chi connectivity index (χ2n) is 4.31. The highest BCUT2D eigenvalue weighted by atomic mass is 15.1. The van der Waals surface area contributed by atoms with Crippen molar-refractivity contribution in [2.24, 2.45) is 5.92 Å². The minimum Gasteiger partial charge on any atom is -0.303 e. The molecule has 1 saturated heterocycles. The van der Waals surface area contributed by atoms with Crippen molar-refractivity contribution in [2.75, 3.05) is 19.6 Å². The number of hydrogen-bond acceptors (Lipinski definition) is 2. The summed E-state index contributed by atoms with van der Waals surface area (Å²) in [5, 5.41) is 8.75. The minimum absolute atomic E-state index is 0.335. The molecule has 0 aromatic rings. The van der Waals surface area contributed by atoms with Crippen molar-refractivity contribution < 1.29 is 0 Å². The zero-order chi connectivity index (χ0) is 10.2. The van der Waals surface area contributed by atoms with Crippen LogP contribution in [0, 0.1) is 17.2 Å². The highest BCUT2D eigenvalue weighted by Gasteiger charge is 2.17. The van der Waals surface area contributed by atoms with Gasteiger partial charge in [0.1, 0.15) is 0 Å². The van der Waals surface area contributed by atoms with Crippen LogP contribution in [0.1, 0.15) is 45.4 Å². The van der Waals surface area contributed by atoms with Gasteiger partial charge in [0.2, 0.25) is 0 Å². The number of nitriles is 1. The second-order valence-corrected chi connectivity index (χ2v) is 4.31. The first-order valence-electron chi connectivity index (χ1n) is 5.98. The Bertz CT molecular complexity index is 175. The molecule has 1 rings (SSSR count). The fourth-order valence-electron chi connectivity index (χ4n) is 2.05. The van der Waals surface area contributed by atoms with E-state index in [0.29, 0.717) is 5.92 Å². The van der Waals surface area contributed by atoms with Gasteiger partial charge in [-0.3, -0.25) is 0 Å². The summed E-state index contributed by atoms with van der Waals surface area (Å²) >= 11 is 0. The van der Waals surface area contributed by atoms with E-state index in [-0.39, 0.29) is 0 Å². The maximum atomic E-state index is 8.75. The topological polar surface area (TPSA) is 27.0 Å². The summed E-state index contributed by atoms with van der Waals surface area (Å²) in [6, 6.07) is 2.37. The molecule has 1 fully saturated rings. The van der Waals surface area contributed by atoms with E-state index in [4.69, 9.17) is 5.26 Å². The Labute approximate surface area is 87.9 Å². The summed E-state index contributed by atoms with van der Waals surface area (Å²) in [5.41, 5.74) is 0. The summed E-state index contributed by atoms with van der Waals surface area (Å²) in [7, 11) is 0. The van der Waals surface area contributed by atoms with Crippen molar-refractivity contribution in [1.29, 1.82) is 5.26 Å². The van der Waals surface area contributed by atoms with Crippen LogP contribution < -0.4 is 0 Å². The van der Waals surface area contributed by atoms with E-state index in [1.807, 2.05) is 0 Å². The first-order valence-corrected chi connectivity index (χ1v) is 5.98. The molecule has 0 aromatic heterocycles. The van der Waals surface area contributed by atoms with Crippen LogP contribution >= 0.6 is 0 Å². The molecule has 2 nitrogen and oxygen atoms in total. The van der Waals surface area contributed by atoms with Crippen molar-refractivity contribution in [3.8, 4) is 6.07 Å². The van der Waals surface area contributed by atoms with Gasteiger partial charge >= 0.3 is 0 Å². The molecule has 1 aliphatic heterocycles. The summed E-state index contributed by atoms with van der Waals surface area (Å²) in [5.74, 6) is 0.335. The van der Waals surface area contributed by atoms with Crippen molar-refractivity contribution in [3.05, 3.63) is 0 Å². The summed E-state index contributed by atoms with van der Waals surface area (Å²) in [6.45, 7) is 5.78. The Balaban J connectivity index is 2.02. The Morgan fingerprint density at radius 2 is 1.93 bits per heavy atom. The lowest BCUT2D eigenvalue weighted by molar-refractivity contribution is 0.202. The number of piperidine rings is 1. The van der Waals surface area contributed by atoms with E-state index < -0.39 is 0 Å². The van der Waals surface area contributed by atoms with Crippen LogP contribution in [-0.2, 0) is 0 Å². The summed E-state index contributed by atoms with van der Waals surface area (Å²) < 4.78 is 0. The molecule has 0 amide bonds. The van der Waals surface area contributed by atoms with Crippen LogP contribution in [0.25, 0.3) is 0 Å². The average molecular weight is 194 g/mol. The van der Waals surface area contributed by atoms with Crippen LogP contribution in [0.15, 0.2) is 0 Å². The van der Waals surface area contributed by atoms with Gasteiger partial charge in [0, 0.05) is 5.92 Å². The molecule has 0 saturated carbocycles. The largest absolute Gasteiger partial charge is 0.303 e. The van der Waals surface area contributed by atoms with Gasteiger partial charge < -0.3 is 4.90 Å². The highest BCUT2D eigenvalue weighted by molar-refractivity contribution is 4.87. The van der Waals surface area contributed by atoms with E-state index in [1.54, 1.807) is 0 Å². The van der Waals surface area contributed by atoms with Gasteiger partial charge in [-0.1, -0.05) is 26.2 Å². The van der Waals surface area contributed by atoms with E-state index in [2.05, 4.69) is 17.9 Å². The zero-order valence-electron chi connectivity index (χ0n) is 9.34. The Hall–Kier alpha value is -0.550. The SMILES string of the molecule is CCCCCCN1CCC(C#N)CC1. The van der Waals surface area contributed by atoms with Crippen LogP contribution in [0.5, 0.6) is 0 Å². The maximum Gasteiger partial charge on any atom is 0.0656 e. The molecule has 2 heteroatoms. The molecule has 0 radical (unpaired) electrons. The predicted molar refractivity (Wildman–Crippen MR) is 58.9 cm³/mol. The normalized spacial score (nSPS) is 19.4. The Morgan fingerprint density at radius 3 is 2.50 bits per heavy atom. The maximum absolute atomic E-state index is 8.75. The summed E-state index contributed by atoms with van der Waals surface area (Å²) in [6.07, 6.45) is 7.57. The number of hydrogen-bond donors (Lipinski definition) is 0. The van der Waals surface area contributed by atoms with E-state index >= 15 is 0 Å². The fourth-order valence-corrected chi connectivity index (χ4v) is 2.05. The van der Waals surface area contributed by atoms with Crippen molar-refractivity contribution in [3.63, 3.8) is 0 Å². The molecule has 0 unspecified atom stereocenters. The third-order valence-corrected chi connectivity index (χ3v) is 3.10. The average Bonchev–Trinajstić information content (AvgIpc) is 2.25. The van der Waals surface area contributed by atoms with Crippen LogP contribution in [0.4, 0.5) is 0 Å². The molecule has 1 heterocycles. The van der Waals surface area contributed by atoms with Gasteiger partial charge in [0.15, 0.2) is 0 Å². The lowest BCUT2D eigenvalue weighted by atomic mass is 9.98. The van der Waals surface area contributed by atoms with Gasteiger partial charge in [-0.25, -0.2) is 0 Å². The summed E-state index contributed by atoms with van der Waals surface area (Å²) in [4.78, 5) is 2.52. The third-order valence-electron chi connectivity index (χ3n) is 3.10. The smallest absolute Gasteiger partial charge is 0.0656 e. The van der Waals surface area contributed by atoms with Crippen molar-refractivity contribution in [1.82, 2.24) is 4.90 Å². The zero-order valence-corrected chi connectivity index (χ0v) is 9.34. The van der Waals surface area contributed by atoms with Gasteiger partial charge in [0.25, 0.3) is 0 Å². The third kappa shape index (κ3) is 4.11. The molecule has 1 aliphatic rings. The molecular weight excluding hydrogens is 172 g/mol. The molecule has 0 atom stereocenters. The quantitative estimate of drug-likeness (QED) is 0.629. The van der Waals surface area contributed by atoms with E-state index in [1.165, 1.54) is 32.2 Å². The van der Waals surface area contributed by atoms with Gasteiger partial charge in [0.05, 0.1) is 6.07 Å². The van der Waals surface area contributed by atoms with Crippen LogP contribution in [0.2, 0.25) is 0 Å². The number of likely N-dealkylation sites (tertiary alicyclic amines) is 1. The van der Waals surface area contributed by atoms with E-state index in [0.717, 1.165) is 25.9 Å². The van der Waals surface area contributed by atoms with Gasteiger partial charge in [-0.05, 0) is 38.9 Å². The molecule has 14 heavy (non-hydrogen) atoms. The Kier molecular flexibility index (Phi) is 5.63. The molecule has 0 aliphatic carbocycles. The Morgan fingerprint density at radius 1 is 1.21 bits per heavy atom. The first kappa shape index (κ1) is 11.5. The van der Waals surface area contributed by atoms with Crippen molar-refractivity contribution >= 4 is 0 Å². The molecular formula is C12H22N2. The standard InChI is InChI=1S/C12H22N2/c1-2-3-4-5-8-14-9-6-12(11-13)7-10-14/h12H,2-10H2,1H3. The lowest BCUT2D eigenvalue weighted by Gasteiger charge is -2.28. The number of rotatable bonds is 5. The second kappa shape index (κ2) is 6.84. The first-order chi connectivity index (χ1) is 6.86. The lowest BCUT2D eigenvalue weighted by Crippen LogP contribution is -2.33. The molecule has 0 bridgehead atoms. The van der Waals surface area contributed by atoms with Crippen molar-refractivity contribution in [2.45, 2.75) is 45.4 Å². The molecule has 0 N–H and O–H groups in total. The molecule has 80 valence electrons.